The van der Waals surface area contributed by atoms with Crippen molar-refractivity contribution in [3.05, 3.63) is 109 Å². The minimum Gasteiger partial charge on any atom is -0.493 e. The van der Waals surface area contributed by atoms with E-state index in [-0.39, 0.29) is 72.7 Å². The van der Waals surface area contributed by atoms with Crippen LogP contribution in [-0.2, 0) is 30.7 Å². The summed E-state index contributed by atoms with van der Waals surface area (Å²) in [7, 11) is -2.87. The molecule has 5 aromatic rings. The molecule has 1 aliphatic rings. The molecule has 0 bridgehead atoms. The second kappa shape index (κ2) is 17.3. The molecule has 0 saturated heterocycles. The summed E-state index contributed by atoms with van der Waals surface area (Å²) in [6.07, 6.45) is -0.703. The number of esters is 1. The number of aromatic nitrogens is 2. The van der Waals surface area contributed by atoms with Gasteiger partial charge in [-0.05, 0) is 36.8 Å². The number of hydrogen-bond donors (Lipinski definition) is 2. The minimum atomic E-state index is -4.32. The fourth-order valence-corrected chi connectivity index (χ4v) is 6.21. The maximum Gasteiger partial charge on any atom is 0.407 e. The number of alkyl carbamates (subject to hydrolysis) is 1. The molecule has 4 aromatic carbocycles. The molecule has 0 fully saturated rings. The van der Waals surface area contributed by atoms with E-state index in [1.54, 1.807) is 61.5 Å². The molecule has 6 rings (SSSR count). The lowest BCUT2D eigenvalue weighted by Crippen LogP contribution is -2.44. The molecule has 2 N–H and O–H groups in total. The molecule has 280 valence electrons. The van der Waals surface area contributed by atoms with Gasteiger partial charge in [-0.3, -0.25) is 4.72 Å². The van der Waals surface area contributed by atoms with Crippen LogP contribution >= 0.6 is 0 Å². The number of amides is 1. The van der Waals surface area contributed by atoms with E-state index in [1.807, 2.05) is 30.3 Å². The van der Waals surface area contributed by atoms with Gasteiger partial charge in [-0.25, -0.2) is 23.0 Å². The second-order valence-corrected chi connectivity index (χ2v) is 13.1. The van der Waals surface area contributed by atoms with Crippen LogP contribution in [-0.4, -0.2) is 70.2 Å². The number of anilines is 1. The zero-order valence-electron chi connectivity index (χ0n) is 29.2. The van der Waals surface area contributed by atoms with Gasteiger partial charge in [0.2, 0.25) is 12.5 Å². The van der Waals surface area contributed by atoms with Crippen LogP contribution < -0.4 is 33.7 Å². The first-order valence-corrected chi connectivity index (χ1v) is 18.2. The maximum absolute atomic E-state index is 13.8. The Kier molecular flexibility index (Phi) is 11.9. The van der Waals surface area contributed by atoms with E-state index in [1.165, 1.54) is 25.3 Å². The number of fused-ring (bicyclic) bond motifs is 1. The minimum absolute atomic E-state index is 0.0404. The summed E-state index contributed by atoms with van der Waals surface area (Å²) in [6, 6.07) is 27.8. The average molecular weight is 757 g/mol. The third-order valence-corrected chi connectivity index (χ3v) is 9.07. The number of nitrogens with zero attached hydrogens (tertiary/aromatic N) is 2. The van der Waals surface area contributed by atoms with Crippen molar-refractivity contribution in [1.29, 1.82) is 0 Å². The van der Waals surface area contributed by atoms with Crippen molar-refractivity contribution in [2.24, 2.45) is 0 Å². The van der Waals surface area contributed by atoms with E-state index in [4.69, 9.17) is 33.2 Å². The SMILES string of the molecule is CCOC(=O)[C@H](Cc1ccccc1)NC(=O)OCCOc1nc(-c2ccccc2)nc(NS(=O)(=O)c2ccc3c(c2)OCO3)c1Oc1ccccc1OC. The predicted molar refractivity (Wildman–Crippen MR) is 194 cm³/mol. The van der Waals surface area contributed by atoms with Crippen molar-refractivity contribution >= 4 is 27.9 Å². The van der Waals surface area contributed by atoms with Gasteiger partial charge in [-0.1, -0.05) is 72.8 Å². The van der Waals surface area contributed by atoms with Gasteiger partial charge in [0.25, 0.3) is 15.9 Å². The summed E-state index contributed by atoms with van der Waals surface area (Å²) >= 11 is 0. The Bertz CT molecular complexity index is 2190. The summed E-state index contributed by atoms with van der Waals surface area (Å²) in [6.45, 7) is 1.19. The van der Waals surface area contributed by atoms with Gasteiger partial charge in [0.15, 0.2) is 34.6 Å². The Morgan fingerprint density at radius 3 is 2.28 bits per heavy atom. The van der Waals surface area contributed by atoms with Crippen LogP contribution in [0, 0.1) is 0 Å². The van der Waals surface area contributed by atoms with Crippen LogP contribution in [0.2, 0.25) is 0 Å². The largest absolute Gasteiger partial charge is 0.493 e. The Hall–Kier alpha value is -6.55. The molecule has 16 heteroatoms. The fraction of sp³-hybridized carbons (Fsp3) is 0.211. The highest BCUT2D eigenvalue weighted by molar-refractivity contribution is 7.92. The van der Waals surface area contributed by atoms with Gasteiger partial charge < -0.3 is 38.5 Å². The Morgan fingerprint density at radius 1 is 0.833 bits per heavy atom. The smallest absolute Gasteiger partial charge is 0.407 e. The summed E-state index contributed by atoms with van der Waals surface area (Å²) in [5.41, 5.74) is 1.35. The first kappa shape index (κ1) is 37.2. The fourth-order valence-electron chi connectivity index (χ4n) is 5.19. The number of nitrogens with one attached hydrogen (secondary N) is 2. The maximum atomic E-state index is 13.8. The van der Waals surface area contributed by atoms with E-state index in [0.29, 0.717) is 17.1 Å². The van der Waals surface area contributed by atoms with E-state index in [0.717, 1.165) is 5.56 Å². The highest BCUT2D eigenvalue weighted by atomic mass is 32.2. The highest BCUT2D eigenvalue weighted by Crippen LogP contribution is 2.42. The molecule has 54 heavy (non-hydrogen) atoms. The lowest BCUT2D eigenvalue weighted by molar-refractivity contribution is -0.145. The van der Waals surface area contributed by atoms with Crippen LogP contribution in [0.5, 0.6) is 34.6 Å². The van der Waals surface area contributed by atoms with Gasteiger partial charge in [-0.2, -0.15) is 4.98 Å². The molecule has 0 unspecified atom stereocenters. The van der Waals surface area contributed by atoms with Crippen LogP contribution in [0.3, 0.4) is 0 Å². The van der Waals surface area contributed by atoms with Crippen LogP contribution in [0.15, 0.2) is 108 Å². The summed E-state index contributed by atoms with van der Waals surface area (Å²) < 4.78 is 69.1. The summed E-state index contributed by atoms with van der Waals surface area (Å²) in [5.74, 6) is 0.0129. The van der Waals surface area contributed by atoms with Crippen molar-refractivity contribution in [2.45, 2.75) is 24.3 Å². The van der Waals surface area contributed by atoms with Crippen LogP contribution in [0.25, 0.3) is 11.4 Å². The summed E-state index contributed by atoms with van der Waals surface area (Å²) in [4.78, 5) is 34.5. The second-order valence-electron chi connectivity index (χ2n) is 11.4. The Labute approximate surface area is 311 Å². The topological polar surface area (TPSA) is 183 Å². The van der Waals surface area contributed by atoms with E-state index >= 15 is 0 Å². The number of ether oxygens (including phenoxy) is 7. The first-order valence-electron chi connectivity index (χ1n) is 16.7. The van der Waals surface area contributed by atoms with Crippen molar-refractivity contribution < 1.29 is 51.2 Å². The normalized spacial score (nSPS) is 12.3. The number of methoxy groups -OCH3 is 1. The number of para-hydroxylation sites is 2. The molecule has 1 aromatic heterocycles. The zero-order chi connectivity index (χ0) is 37.9. The van der Waals surface area contributed by atoms with Crippen molar-refractivity contribution in [3.8, 4) is 46.0 Å². The van der Waals surface area contributed by atoms with Crippen molar-refractivity contribution in [3.63, 3.8) is 0 Å². The van der Waals surface area contributed by atoms with E-state index in [2.05, 4.69) is 20.0 Å². The van der Waals surface area contributed by atoms with Crippen LogP contribution in [0.4, 0.5) is 10.6 Å². The molecule has 1 atom stereocenters. The van der Waals surface area contributed by atoms with Crippen LogP contribution in [0.1, 0.15) is 12.5 Å². The van der Waals surface area contributed by atoms with E-state index < -0.39 is 28.1 Å². The molecule has 0 spiro atoms. The zero-order valence-corrected chi connectivity index (χ0v) is 30.0. The number of benzene rings is 4. The van der Waals surface area contributed by atoms with Gasteiger partial charge in [0.1, 0.15) is 19.3 Å². The standard InChI is InChI=1S/C38H36N4O11S/c1-3-48-37(43)28(22-25-12-6-4-7-13-25)39-38(44)50-21-20-49-36-33(53-31-17-11-10-16-29(31)47-2)35(40-34(41-36)26-14-8-5-9-15-26)42-54(45,46)27-18-19-30-32(23-27)52-24-51-30/h4-19,23,28H,3,20-22,24H2,1-2H3,(H,39,44)(H,40,41,42)/t28-/m0/s1. The monoisotopic (exact) mass is 756 g/mol. The van der Waals surface area contributed by atoms with Crippen molar-refractivity contribution in [1.82, 2.24) is 15.3 Å². The molecule has 2 heterocycles. The summed E-state index contributed by atoms with van der Waals surface area (Å²) in [5, 5.41) is 2.55. The van der Waals surface area contributed by atoms with Crippen molar-refractivity contribution in [2.75, 3.05) is 38.4 Å². The Morgan fingerprint density at radius 2 is 1.54 bits per heavy atom. The first-order chi connectivity index (χ1) is 26.2. The third-order valence-electron chi connectivity index (χ3n) is 7.73. The molecule has 1 amide bonds. The lowest BCUT2D eigenvalue weighted by Gasteiger charge is -2.19. The third kappa shape index (κ3) is 9.27. The molecular weight excluding hydrogens is 721 g/mol. The molecule has 1 aliphatic heterocycles. The molecular formula is C38H36N4O11S. The molecule has 0 radical (unpaired) electrons. The average Bonchev–Trinajstić information content (AvgIpc) is 3.66. The molecule has 0 aliphatic carbocycles. The number of carbonyl (C=O) groups excluding carboxylic acids is 2. The van der Waals surface area contributed by atoms with Gasteiger partial charge in [0.05, 0.1) is 18.6 Å². The molecule has 15 nitrogen and oxygen atoms in total. The van der Waals surface area contributed by atoms with Gasteiger partial charge in [-0.15, -0.1) is 0 Å². The number of carbonyl (C=O) groups is 2. The number of hydrogen-bond acceptors (Lipinski definition) is 13. The number of rotatable bonds is 16. The highest BCUT2D eigenvalue weighted by Gasteiger charge is 2.28. The predicted octanol–water partition coefficient (Wildman–Crippen LogP) is 5.75. The quantitative estimate of drug-likeness (QED) is 0.0918. The lowest BCUT2D eigenvalue weighted by atomic mass is 10.1. The Balaban J connectivity index is 1.28. The molecule has 0 saturated carbocycles. The van der Waals surface area contributed by atoms with Gasteiger partial charge >= 0.3 is 12.1 Å². The number of sulfonamides is 1. The van der Waals surface area contributed by atoms with E-state index in [9.17, 15) is 18.0 Å². The van der Waals surface area contributed by atoms with Gasteiger partial charge in [0, 0.05) is 18.1 Å².